The second-order valence-corrected chi connectivity index (χ2v) is 3.02. The molecular weight excluding hydrogens is 140 g/mol. The summed E-state index contributed by atoms with van der Waals surface area (Å²) in [5.74, 6) is 1.09. The van der Waals surface area contributed by atoms with Crippen LogP contribution in [0.2, 0.25) is 0 Å². The Morgan fingerprint density at radius 2 is 1.82 bits per heavy atom. The second kappa shape index (κ2) is 7.58. The zero-order chi connectivity index (χ0) is 8.53. The lowest BCUT2D eigenvalue weighted by Gasteiger charge is -2.18. The Hall–Kier alpha value is -0.530. The highest BCUT2D eigenvalue weighted by Gasteiger charge is 2.09. The van der Waals surface area contributed by atoms with Gasteiger partial charge in [0.1, 0.15) is 0 Å². The maximum atomic E-state index is 8.36. The van der Waals surface area contributed by atoms with Gasteiger partial charge < -0.3 is 5.11 Å². The Balaban J connectivity index is 0.000000292. The standard InChI is InChI=1S/C8H16.CH2O2/c1-2-8-6-4-3-5-7-8;2-1-3/h8H,2-7H2,1H3;1H,(H,2,3). The molecule has 0 atom stereocenters. The molecule has 0 aromatic rings. The number of rotatable bonds is 1. The van der Waals surface area contributed by atoms with Gasteiger partial charge in [-0.15, -0.1) is 0 Å². The minimum atomic E-state index is -0.250. The molecule has 2 heteroatoms. The van der Waals surface area contributed by atoms with Crippen LogP contribution in [0.1, 0.15) is 45.4 Å². The summed E-state index contributed by atoms with van der Waals surface area (Å²) in [6.07, 6.45) is 8.93. The van der Waals surface area contributed by atoms with Gasteiger partial charge in [-0.1, -0.05) is 45.4 Å². The van der Waals surface area contributed by atoms with Crippen LogP contribution in [0.4, 0.5) is 0 Å². The van der Waals surface area contributed by atoms with Crippen molar-refractivity contribution in [1.29, 1.82) is 0 Å². The van der Waals surface area contributed by atoms with Crippen molar-refractivity contribution in [1.82, 2.24) is 0 Å². The zero-order valence-corrected chi connectivity index (χ0v) is 7.25. The third-order valence-electron chi connectivity index (χ3n) is 2.30. The van der Waals surface area contributed by atoms with Gasteiger partial charge in [0.15, 0.2) is 0 Å². The predicted octanol–water partition coefficient (Wildman–Crippen LogP) is 2.68. The van der Waals surface area contributed by atoms with Gasteiger partial charge in [-0.3, -0.25) is 4.79 Å². The molecule has 1 aliphatic carbocycles. The maximum Gasteiger partial charge on any atom is 0.290 e. The summed E-state index contributed by atoms with van der Waals surface area (Å²) in [5, 5.41) is 6.89. The van der Waals surface area contributed by atoms with Gasteiger partial charge in [-0.2, -0.15) is 0 Å². The van der Waals surface area contributed by atoms with Crippen LogP contribution < -0.4 is 0 Å². The van der Waals surface area contributed by atoms with Gasteiger partial charge in [0.05, 0.1) is 0 Å². The van der Waals surface area contributed by atoms with E-state index in [1.165, 1.54) is 38.5 Å². The molecule has 0 aromatic carbocycles. The van der Waals surface area contributed by atoms with Crippen LogP contribution in [0.15, 0.2) is 0 Å². The molecule has 0 radical (unpaired) electrons. The summed E-state index contributed by atoms with van der Waals surface area (Å²) >= 11 is 0. The summed E-state index contributed by atoms with van der Waals surface area (Å²) in [6, 6.07) is 0. The monoisotopic (exact) mass is 158 g/mol. The molecule has 0 aromatic heterocycles. The summed E-state index contributed by atoms with van der Waals surface area (Å²) in [4.78, 5) is 8.36. The van der Waals surface area contributed by atoms with Crippen LogP contribution in [-0.4, -0.2) is 11.6 Å². The predicted molar refractivity (Wildman–Crippen MR) is 45.6 cm³/mol. The molecule has 11 heavy (non-hydrogen) atoms. The Labute approximate surface area is 68.6 Å². The van der Waals surface area contributed by atoms with Gasteiger partial charge in [-0.25, -0.2) is 0 Å². The van der Waals surface area contributed by atoms with Gasteiger partial charge in [0, 0.05) is 0 Å². The van der Waals surface area contributed by atoms with Gasteiger partial charge in [0.2, 0.25) is 0 Å². The Bertz CT molecular complexity index is 85.6. The average molecular weight is 158 g/mol. The fourth-order valence-electron chi connectivity index (χ4n) is 1.60. The fraction of sp³-hybridized carbons (Fsp3) is 0.889. The summed E-state index contributed by atoms with van der Waals surface area (Å²) in [7, 11) is 0. The van der Waals surface area contributed by atoms with E-state index in [2.05, 4.69) is 6.92 Å². The molecular formula is C9H18O2. The Morgan fingerprint density at radius 3 is 2.09 bits per heavy atom. The third-order valence-corrected chi connectivity index (χ3v) is 2.30. The van der Waals surface area contributed by atoms with E-state index in [9.17, 15) is 0 Å². The van der Waals surface area contributed by atoms with Crippen molar-refractivity contribution in [3.8, 4) is 0 Å². The van der Waals surface area contributed by atoms with Crippen molar-refractivity contribution >= 4 is 6.47 Å². The first-order chi connectivity index (χ1) is 5.35. The second-order valence-electron chi connectivity index (χ2n) is 3.02. The molecule has 0 unspecified atom stereocenters. The van der Waals surface area contributed by atoms with Crippen LogP contribution in [0.25, 0.3) is 0 Å². The SMILES string of the molecule is CCC1CCCCC1.O=CO. The van der Waals surface area contributed by atoms with E-state index in [1.54, 1.807) is 0 Å². The number of hydrogen-bond donors (Lipinski definition) is 1. The first kappa shape index (κ1) is 10.5. The molecule has 1 fully saturated rings. The minimum absolute atomic E-state index is 0.250. The van der Waals surface area contributed by atoms with Crippen molar-refractivity contribution in [3.05, 3.63) is 0 Å². The summed E-state index contributed by atoms with van der Waals surface area (Å²) in [6.45, 7) is 2.07. The molecule has 1 rings (SSSR count). The van der Waals surface area contributed by atoms with E-state index in [0.717, 1.165) is 5.92 Å². The lowest BCUT2D eigenvalue weighted by atomic mass is 9.88. The first-order valence-electron chi connectivity index (χ1n) is 4.43. The molecule has 2 nitrogen and oxygen atoms in total. The van der Waals surface area contributed by atoms with Gasteiger partial charge in [-0.05, 0) is 5.92 Å². The molecule has 0 aliphatic heterocycles. The van der Waals surface area contributed by atoms with E-state index in [-0.39, 0.29) is 6.47 Å². The molecule has 0 heterocycles. The topological polar surface area (TPSA) is 37.3 Å². The maximum absolute atomic E-state index is 8.36. The molecule has 66 valence electrons. The quantitative estimate of drug-likeness (QED) is 0.596. The smallest absolute Gasteiger partial charge is 0.290 e. The van der Waals surface area contributed by atoms with Crippen molar-refractivity contribution in [2.75, 3.05) is 0 Å². The third kappa shape index (κ3) is 5.89. The molecule has 1 saturated carbocycles. The lowest BCUT2D eigenvalue weighted by Crippen LogP contribution is -2.03. The summed E-state index contributed by atoms with van der Waals surface area (Å²) in [5.41, 5.74) is 0. The molecule has 0 bridgehead atoms. The van der Waals surface area contributed by atoms with Gasteiger partial charge in [0.25, 0.3) is 6.47 Å². The number of carboxylic acid groups (broad SMARTS) is 1. The van der Waals surface area contributed by atoms with Crippen LogP contribution in [0.3, 0.4) is 0 Å². The zero-order valence-electron chi connectivity index (χ0n) is 7.25. The highest BCUT2D eigenvalue weighted by atomic mass is 16.3. The van der Waals surface area contributed by atoms with E-state index >= 15 is 0 Å². The van der Waals surface area contributed by atoms with Crippen LogP contribution >= 0.6 is 0 Å². The Kier molecular flexibility index (Phi) is 7.21. The molecule has 1 N–H and O–H groups in total. The summed E-state index contributed by atoms with van der Waals surface area (Å²) < 4.78 is 0. The van der Waals surface area contributed by atoms with E-state index in [4.69, 9.17) is 9.90 Å². The van der Waals surface area contributed by atoms with Crippen molar-refractivity contribution < 1.29 is 9.90 Å². The van der Waals surface area contributed by atoms with Crippen LogP contribution in [0.5, 0.6) is 0 Å². The normalized spacial score (nSPS) is 18.3. The molecule has 1 aliphatic rings. The van der Waals surface area contributed by atoms with Crippen molar-refractivity contribution in [2.45, 2.75) is 45.4 Å². The molecule has 0 spiro atoms. The number of carbonyl (C=O) groups is 1. The van der Waals surface area contributed by atoms with E-state index in [0.29, 0.717) is 0 Å². The van der Waals surface area contributed by atoms with Crippen molar-refractivity contribution in [2.24, 2.45) is 5.92 Å². The lowest BCUT2D eigenvalue weighted by molar-refractivity contribution is -0.122. The first-order valence-corrected chi connectivity index (χ1v) is 4.43. The van der Waals surface area contributed by atoms with E-state index in [1.807, 2.05) is 0 Å². The fourth-order valence-corrected chi connectivity index (χ4v) is 1.60. The number of hydrogen-bond acceptors (Lipinski definition) is 1. The van der Waals surface area contributed by atoms with Crippen LogP contribution in [-0.2, 0) is 4.79 Å². The Morgan fingerprint density at radius 1 is 1.36 bits per heavy atom. The average Bonchev–Trinajstić information content (AvgIpc) is 2.08. The van der Waals surface area contributed by atoms with Crippen molar-refractivity contribution in [3.63, 3.8) is 0 Å². The highest BCUT2D eigenvalue weighted by molar-refractivity contribution is 5.32. The minimum Gasteiger partial charge on any atom is -0.483 e. The van der Waals surface area contributed by atoms with E-state index < -0.39 is 0 Å². The molecule has 0 saturated heterocycles. The van der Waals surface area contributed by atoms with Gasteiger partial charge >= 0.3 is 0 Å². The van der Waals surface area contributed by atoms with Crippen LogP contribution in [0, 0.1) is 5.92 Å². The molecule has 0 amide bonds. The largest absolute Gasteiger partial charge is 0.483 e. The highest BCUT2D eigenvalue weighted by Crippen LogP contribution is 2.25.